The maximum atomic E-state index is 12.2. The molecule has 0 aromatic heterocycles. The van der Waals surface area contributed by atoms with Gasteiger partial charge in [0, 0.05) is 26.2 Å². The van der Waals surface area contributed by atoms with E-state index in [1.54, 1.807) is 0 Å². The molecule has 1 heterocycles. The zero-order valence-electron chi connectivity index (χ0n) is 10.4. The first-order valence-corrected chi connectivity index (χ1v) is 6.31. The molecular formula is C12H24N2O2. The Balaban J connectivity index is 2.51. The van der Waals surface area contributed by atoms with Crippen LogP contribution in [0.1, 0.15) is 33.1 Å². The van der Waals surface area contributed by atoms with E-state index in [2.05, 4.69) is 13.8 Å². The lowest BCUT2D eigenvalue weighted by Gasteiger charge is -2.26. The number of hydrogen-bond donors (Lipinski definition) is 1. The number of amides is 1. The highest BCUT2D eigenvalue weighted by atomic mass is 16.5. The molecule has 0 spiro atoms. The molecule has 4 nitrogen and oxygen atoms in total. The average Bonchev–Trinajstić information content (AvgIpc) is 2.69. The zero-order valence-corrected chi connectivity index (χ0v) is 10.4. The van der Waals surface area contributed by atoms with Gasteiger partial charge in [-0.25, -0.2) is 0 Å². The van der Waals surface area contributed by atoms with Crippen LogP contribution in [0.2, 0.25) is 0 Å². The van der Waals surface area contributed by atoms with E-state index in [0.29, 0.717) is 25.6 Å². The van der Waals surface area contributed by atoms with Gasteiger partial charge >= 0.3 is 0 Å². The fraction of sp³-hybridized carbons (Fsp3) is 0.917. The van der Waals surface area contributed by atoms with Gasteiger partial charge in [-0.1, -0.05) is 20.3 Å². The van der Waals surface area contributed by atoms with E-state index in [1.165, 1.54) is 0 Å². The molecule has 2 N–H and O–H groups in total. The molecule has 1 saturated heterocycles. The largest absolute Gasteiger partial charge is 0.368 e. The predicted molar refractivity (Wildman–Crippen MR) is 64.1 cm³/mol. The summed E-state index contributed by atoms with van der Waals surface area (Å²) >= 11 is 0. The number of ether oxygens (including phenoxy) is 1. The lowest BCUT2D eigenvalue weighted by atomic mass is 10.0. The van der Waals surface area contributed by atoms with Crippen molar-refractivity contribution in [1.29, 1.82) is 0 Å². The number of nitrogens with two attached hydrogens (primary N) is 1. The highest BCUT2D eigenvalue weighted by molar-refractivity contribution is 5.81. The molecule has 0 saturated carbocycles. The van der Waals surface area contributed by atoms with Crippen LogP contribution in [0.25, 0.3) is 0 Å². The SMILES string of the molecule is CCCCN(CCN)C(=O)C1OCCC1C. The Kier molecular flexibility index (Phi) is 5.77. The Morgan fingerprint density at radius 2 is 2.25 bits per heavy atom. The second-order valence-electron chi connectivity index (χ2n) is 4.52. The normalized spacial score (nSPS) is 24.7. The van der Waals surface area contributed by atoms with Crippen molar-refractivity contribution in [2.75, 3.05) is 26.2 Å². The van der Waals surface area contributed by atoms with Gasteiger partial charge < -0.3 is 15.4 Å². The number of carbonyl (C=O) groups excluding carboxylic acids is 1. The second-order valence-corrected chi connectivity index (χ2v) is 4.52. The standard InChI is InChI=1S/C12H24N2O2/c1-3-4-7-14(8-6-13)12(15)11-10(2)5-9-16-11/h10-11H,3-9,13H2,1-2H3. The number of carbonyl (C=O) groups is 1. The Morgan fingerprint density at radius 3 is 2.75 bits per heavy atom. The van der Waals surface area contributed by atoms with Crippen molar-refractivity contribution in [2.24, 2.45) is 11.7 Å². The van der Waals surface area contributed by atoms with Crippen molar-refractivity contribution in [1.82, 2.24) is 4.90 Å². The Labute approximate surface area is 98.1 Å². The van der Waals surface area contributed by atoms with Crippen molar-refractivity contribution in [2.45, 2.75) is 39.2 Å². The van der Waals surface area contributed by atoms with E-state index in [0.717, 1.165) is 25.8 Å². The summed E-state index contributed by atoms with van der Waals surface area (Å²) in [4.78, 5) is 14.1. The van der Waals surface area contributed by atoms with E-state index >= 15 is 0 Å². The van der Waals surface area contributed by atoms with Crippen molar-refractivity contribution in [3.63, 3.8) is 0 Å². The molecule has 1 aliphatic heterocycles. The van der Waals surface area contributed by atoms with Crippen LogP contribution in [0.15, 0.2) is 0 Å². The van der Waals surface area contributed by atoms with Crippen molar-refractivity contribution in [3.8, 4) is 0 Å². The molecule has 1 amide bonds. The van der Waals surface area contributed by atoms with Crippen molar-refractivity contribution >= 4 is 5.91 Å². The monoisotopic (exact) mass is 228 g/mol. The molecule has 94 valence electrons. The van der Waals surface area contributed by atoms with E-state index in [-0.39, 0.29) is 12.0 Å². The molecule has 0 bridgehead atoms. The molecule has 1 aliphatic rings. The van der Waals surface area contributed by atoms with Gasteiger partial charge in [0.15, 0.2) is 0 Å². The molecule has 16 heavy (non-hydrogen) atoms. The molecule has 2 unspecified atom stereocenters. The van der Waals surface area contributed by atoms with Crippen LogP contribution in [0.5, 0.6) is 0 Å². The maximum absolute atomic E-state index is 12.2. The molecular weight excluding hydrogens is 204 g/mol. The smallest absolute Gasteiger partial charge is 0.252 e. The summed E-state index contributed by atoms with van der Waals surface area (Å²) in [7, 11) is 0. The minimum absolute atomic E-state index is 0.129. The van der Waals surface area contributed by atoms with Gasteiger partial charge in [0.25, 0.3) is 5.91 Å². The van der Waals surface area contributed by atoms with Gasteiger partial charge in [-0.2, -0.15) is 0 Å². The summed E-state index contributed by atoms with van der Waals surface area (Å²) < 4.78 is 5.50. The summed E-state index contributed by atoms with van der Waals surface area (Å²) in [5.41, 5.74) is 5.54. The van der Waals surface area contributed by atoms with E-state index in [1.807, 2.05) is 4.90 Å². The first-order valence-electron chi connectivity index (χ1n) is 6.31. The van der Waals surface area contributed by atoms with Crippen LogP contribution in [-0.4, -0.2) is 43.2 Å². The summed E-state index contributed by atoms with van der Waals surface area (Å²) in [6.07, 6.45) is 2.88. The summed E-state index contributed by atoms with van der Waals surface area (Å²) in [6, 6.07) is 0. The third-order valence-corrected chi connectivity index (χ3v) is 3.12. The quantitative estimate of drug-likeness (QED) is 0.738. The average molecular weight is 228 g/mol. The third kappa shape index (κ3) is 3.46. The number of nitrogens with zero attached hydrogens (tertiary/aromatic N) is 1. The Hall–Kier alpha value is -0.610. The first-order chi connectivity index (χ1) is 7.70. The van der Waals surface area contributed by atoms with Crippen LogP contribution in [-0.2, 0) is 9.53 Å². The van der Waals surface area contributed by atoms with Crippen LogP contribution in [0.4, 0.5) is 0 Å². The highest BCUT2D eigenvalue weighted by Crippen LogP contribution is 2.22. The minimum atomic E-state index is -0.233. The van der Waals surface area contributed by atoms with Gasteiger partial charge in [-0.3, -0.25) is 4.79 Å². The minimum Gasteiger partial charge on any atom is -0.368 e. The van der Waals surface area contributed by atoms with E-state index < -0.39 is 0 Å². The maximum Gasteiger partial charge on any atom is 0.252 e. The van der Waals surface area contributed by atoms with Gasteiger partial charge in [0.05, 0.1) is 0 Å². The van der Waals surface area contributed by atoms with Crippen LogP contribution in [0.3, 0.4) is 0 Å². The van der Waals surface area contributed by atoms with Crippen LogP contribution >= 0.6 is 0 Å². The molecule has 0 radical (unpaired) electrons. The fourth-order valence-electron chi connectivity index (χ4n) is 2.03. The molecule has 0 aromatic carbocycles. The van der Waals surface area contributed by atoms with Gasteiger partial charge in [-0.15, -0.1) is 0 Å². The molecule has 1 fully saturated rings. The zero-order chi connectivity index (χ0) is 12.0. The van der Waals surface area contributed by atoms with E-state index in [9.17, 15) is 4.79 Å². The fourth-order valence-corrected chi connectivity index (χ4v) is 2.03. The molecule has 0 aromatic rings. The lowest BCUT2D eigenvalue weighted by molar-refractivity contribution is -0.142. The number of unbranched alkanes of at least 4 members (excludes halogenated alkanes) is 1. The number of hydrogen-bond acceptors (Lipinski definition) is 3. The van der Waals surface area contributed by atoms with E-state index in [4.69, 9.17) is 10.5 Å². The van der Waals surface area contributed by atoms with Crippen LogP contribution in [0, 0.1) is 5.92 Å². The Morgan fingerprint density at radius 1 is 1.50 bits per heavy atom. The lowest BCUT2D eigenvalue weighted by Crippen LogP contribution is -2.43. The van der Waals surface area contributed by atoms with Gasteiger partial charge in [-0.05, 0) is 18.8 Å². The number of rotatable bonds is 6. The molecule has 4 heteroatoms. The first kappa shape index (κ1) is 13.5. The molecule has 0 aliphatic carbocycles. The highest BCUT2D eigenvalue weighted by Gasteiger charge is 2.33. The summed E-state index contributed by atoms with van der Waals surface area (Å²) in [5.74, 6) is 0.471. The van der Waals surface area contributed by atoms with Gasteiger partial charge in [0.1, 0.15) is 6.10 Å². The van der Waals surface area contributed by atoms with Crippen LogP contribution < -0.4 is 5.73 Å². The summed E-state index contributed by atoms with van der Waals surface area (Å²) in [5, 5.41) is 0. The topological polar surface area (TPSA) is 55.6 Å². The van der Waals surface area contributed by atoms with Crippen molar-refractivity contribution < 1.29 is 9.53 Å². The third-order valence-electron chi connectivity index (χ3n) is 3.12. The van der Waals surface area contributed by atoms with Crippen molar-refractivity contribution in [3.05, 3.63) is 0 Å². The second kappa shape index (κ2) is 6.86. The predicted octanol–water partition coefficient (Wildman–Crippen LogP) is 0.999. The molecule has 2 atom stereocenters. The summed E-state index contributed by atoms with van der Waals surface area (Å²) in [6.45, 7) is 6.89. The molecule has 1 rings (SSSR count). The van der Waals surface area contributed by atoms with Gasteiger partial charge in [0.2, 0.25) is 0 Å². The Bertz CT molecular complexity index is 221.